The monoisotopic (exact) mass is 295 g/mol. The normalized spacial score (nSPS) is 15.2. The fourth-order valence-corrected chi connectivity index (χ4v) is 3.41. The van der Waals surface area contributed by atoms with E-state index in [2.05, 4.69) is 50.1 Å². The smallest absolute Gasteiger partial charge is 0.116 e. The molecule has 1 aliphatic rings. The molecule has 0 amide bonds. The topological polar surface area (TPSA) is 23.5 Å². The molecule has 0 saturated carbocycles. The minimum Gasteiger partial charge on any atom is -0.380 e. The van der Waals surface area contributed by atoms with Crippen LogP contribution in [0.2, 0.25) is 0 Å². The van der Waals surface area contributed by atoms with Crippen LogP contribution in [-0.2, 0) is 5.60 Å². The molecule has 0 fully saturated rings. The zero-order valence-electron chi connectivity index (χ0n) is 13.7. The van der Waals surface area contributed by atoms with Gasteiger partial charge >= 0.3 is 0 Å². The highest BCUT2D eigenvalue weighted by molar-refractivity contribution is 5.79. The Morgan fingerprint density at radius 1 is 0.955 bits per heavy atom. The Bertz CT molecular complexity index is 617. The van der Waals surface area contributed by atoms with Gasteiger partial charge in [-0.1, -0.05) is 48.5 Å². The Morgan fingerprint density at radius 3 is 1.95 bits per heavy atom. The molecule has 0 heterocycles. The number of rotatable bonds is 5. The van der Waals surface area contributed by atoms with Crippen molar-refractivity contribution in [1.29, 1.82) is 0 Å². The number of nitrogens with zero attached hydrogens (tertiary/aromatic N) is 1. The van der Waals surface area contributed by atoms with Crippen LogP contribution >= 0.6 is 0 Å². The van der Waals surface area contributed by atoms with Gasteiger partial charge in [0, 0.05) is 6.04 Å². The van der Waals surface area contributed by atoms with Crippen molar-refractivity contribution in [1.82, 2.24) is 4.90 Å². The van der Waals surface area contributed by atoms with Gasteiger partial charge in [-0.15, -0.1) is 0 Å². The molecule has 0 bridgehead atoms. The highest BCUT2D eigenvalue weighted by Gasteiger charge is 2.40. The summed E-state index contributed by atoms with van der Waals surface area (Å²) in [5, 5.41) is 11.4. The summed E-state index contributed by atoms with van der Waals surface area (Å²) in [6.07, 6.45) is 1.74. The number of benzene rings is 2. The van der Waals surface area contributed by atoms with Gasteiger partial charge in [-0.2, -0.15) is 0 Å². The van der Waals surface area contributed by atoms with Crippen LogP contribution in [0.25, 0.3) is 11.1 Å². The van der Waals surface area contributed by atoms with Gasteiger partial charge in [-0.3, -0.25) is 0 Å². The van der Waals surface area contributed by atoms with Gasteiger partial charge in [0.05, 0.1) is 0 Å². The molecule has 0 aromatic heterocycles. The second-order valence-electron chi connectivity index (χ2n) is 6.63. The summed E-state index contributed by atoms with van der Waals surface area (Å²) in [5.74, 6) is 0. The predicted molar refractivity (Wildman–Crippen MR) is 91.9 cm³/mol. The highest BCUT2D eigenvalue weighted by Crippen LogP contribution is 2.49. The lowest BCUT2D eigenvalue weighted by molar-refractivity contribution is 0.0692. The van der Waals surface area contributed by atoms with Crippen LogP contribution in [0, 0.1) is 0 Å². The van der Waals surface area contributed by atoms with Crippen molar-refractivity contribution < 1.29 is 5.11 Å². The SMILES string of the molecule is CC(C)N(C)CCCC1(O)c2ccccc2-c2ccccc21. The molecule has 1 N–H and O–H groups in total. The molecule has 2 aromatic carbocycles. The molecule has 0 radical (unpaired) electrons. The number of hydrogen-bond acceptors (Lipinski definition) is 2. The predicted octanol–water partition coefficient (Wildman–Crippen LogP) is 4.02. The van der Waals surface area contributed by atoms with Gasteiger partial charge < -0.3 is 10.0 Å². The molecule has 0 aliphatic heterocycles. The second kappa shape index (κ2) is 5.86. The minimum atomic E-state index is -0.842. The van der Waals surface area contributed by atoms with Crippen molar-refractivity contribution in [3.8, 4) is 11.1 Å². The van der Waals surface area contributed by atoms with E-state index in [1.54, 1.807) is 0 Å². The third kappa shape index (κ3) is 2.47. The van der Waals surface area contributed by atoms with E-state index in [0.29, 0.717) is 6.04 Å². The largest absolute Gasteiger partial charge is 0.380 e. The van der Waals surface area contributed by atoms with Crippen molar-refractivity contribution in [2.24, 2.45) is 0 Å². The van der Waals surface area contributed by atoms with Crippen molar-refractivity contribution in [2.75, 3.05) is 13.6 Å². The van der Waals surface area contributed by atoms with E-state index >= 15 is 0 Å². The second-order valence-corrected chi connectivity index (χ2v) is 6.63. The van der Waals surface area contributed by atoms with Gasteiger partial charge in [-0.05, 0) is 62.5 Å². The average Bonchev–Trinajstić information content (AvgIpc) is 2.78. The van der Waals surface area contributed by atoms with Gasteiger partial charge in [0.15, 0.2) is 0 Å². The molecule has 2 aromatic rings. The van der Waals surface area contributed by atoms with Crippen molar-refractivity contribution in [3.63, 3.8) is 0 Å². The molecule has 1 aliphatic carbocycles. The van der Waals surface area contributed by atoms with Crippen LogP contribution in [0.3, 0.4) is 0 Å². The maximum atomic E-state index is 11.4. The Balaban J connectivity index is 1.89. The Morgan fingerprint density at radius 2 is 1.45 bits per heavy atom. The summed E-state index contributed by atoms with van der Waals surface area (Å²) in [4.78, 5) is 2.33. The Kier molecular flexibility index (Phi) is 4.07. The van der Waals surface area contributed by atoms with Crippen LogP contribution in [-0.4, -0.2) is 29.6 Å². The molecule has 0 spiro atoms. The first kappa shape index (κ1) is 15.3. The van der Waals surface area contributed by atoms with Gasteiger partial charge in [0.1, 0.15) is 5.60 Å². The van der Waals surface area contributed by atoms with Crippen LogP contribution in [0.4, 0.5) is 0 Å². The van der Waals surface area contributed by atoms with Crippen molar-refractivity contribution >= 4 is 0 Å². The molecule has 0 unspecified atom stereocenters. The highest BCUT2D eigenvalue weighted by atomic mass is 16.3. The fourth-order valence-electron chi connectivity index (χ4n) is 3.41. The lowest BCUT2D eigenvalue weighted by Gasteiger charge is -2.28. The van der Waals surface area contributed by atoms with E-state index < -0.39 is 5.60 Å². The summed E-state index contributed by atoms with van der Waals surface area (Å²) in [7, 11) is 2.14. The molecule has 3 rings (SSSR count). The summed E-state index contributed by atoms with van der Waals surface area (Å²) in [6.45, 7) is 5.41. The number of aliphatic hydroxyl groups is 1. The third-order valence-corrected chi connectivity index (χ3v) is 4.97. The molecule has 0 atom stereocenters. The Labute approximate surface area is 133 Å². The zero-order chi connectivity index (χ0) is 15.7. The summed E-state index contributed by atoms with van der Waals surface area (Å²) in [5.41, 5.74) is 3.63. The average molecular weight is 295 g/mol. The lowest BCUT2D eigenvalue weighted by Crippen LogP contribution is -2.30. The zero-order valence-corrected chi connectivity index (χ0v) is 13.7. The molecule has 0 saturated heterocycles. The van der Waals surface area contributed by atoms with E-state index in [-0.39, 0.29) is 0 Å². The summed E-state index contributed by atoms with van der Waals surface area (Å²) < 4.78 is 0. The maximum Gasteiger partial charge on any atom is 0.116 e. The first-order chi connectivity index (χ1) is 10.5. The van der Waals surface area contributed by atoms with Crippen LogP contribution in [0.5, 0.6) is 0 Å². The quantitative estimate of drug-likeness (QED) is 0.900. The molecular formula is C20H25NO. The molecule has 2 heteroatoms. The minimum absolute atomic E-state index is 0.540. The van der Waals surface area contributed by atoms with E-state index in [1.165, 1.54) is 11.1 Å². The molecule has 116 valence electrons. The van der Waals surface area contributed by atoms with Crippen LogP contribution in [0.15, 0.2) is 48.5 Å². The number of hydrogen-bond donors (Lipinski definition) is 1. The number of fused-ring (bicyclic) bond motifs is 3. The molecule has 2 nitrogen and oxygen atoms in total. The van der Waals surface area contributed by atoms with Crippen LogP contribution in [0.1, 0.15) is 37.8 Å². The first-order valence-electron chi connectivity index (χ1n) is 8.16. The van der Waals surface area contributed by atoms with Crippen molar-refractivity contribution in [2.45, 2.75) is 38.3 Å². The standard InChI is InChI=1S/C20H25NO/c1-15(2)21(3)14-8-13-20(22)18-11-6-4-9-16(18)17-10-5-7-12-19(17)20/h4-7,9-12,15,22H,8,13-14H2,1-3H3. The Hall–Kier alpha value is -1.64. The maximum absolute atomic E-state index is 11.4. The van der Waals surface area contributed by atoms with Gasteiger partial charge in [0.2, 0.25) is 0 Å². The van der Waals surface area contributed by atoms with E-state index in [9.17, 15) is 5.11 Å². The fraction of sp³-hybridized carbons (Fsp3) is 0.400. The van der Waals surface area contributed by atoms with Gasteiger partial charge in [0.25, 0.3) is 0 Å². The van der Waals surface area contributed by atoms with E-state index in [0.717, 1.165) is 30.5 Å². The lowest BCUT2D eigenvalue weighted by atomic mass is 9.87. The summed E-state index contributed by atoms with van der Waals surface area (Å²) >= 11 is 0. The molecular weight excluding hydrogens is 270 g/mol. The molecule has 22 heavy (non-hydrogen) atoms. The van der Waals surface area contributed by atoms with Crippen LogP contribution < -0.4 is 0 Å². The van der Waals surface area contributed by atoms with Crippen molar-refractivity contribution in [3.05, 3.63) is 59.7 Å². The summed E-state index contributed by atoms with van der Waals surface area (Å²) in [6, 6.07) is 17.1. The van der Waals surface area contributed by atoms with Gasteiger partial charge in [-0.25, -0.2) is 0 Å². The third-order valence-electron chi connectivity index (χ3n) is 4.97. The van der Waals surface area contributed by atoms with E-state index in [1.807, 2.05) is 24.3 Å². The first-order valence-corrected chi connectivity index (χ1v) is 8.16. The van der Waals surface area contributed by atoms with E-state index in [4.69, 9.17) is 0 Å².